The monoisotopic (exact) mass is 315 g/mol. The van der Waals surface area contributed by atoms with E-state index in [1.807, 2.05) is 0 Å². The third kappa shape index (κ3) is 3.57. The average Bonchev–Trinajstić information content (AvgIpc) is 3.10. The highest BCUT2D eigenvalue weighted by Crippen LogP contribution is 2.15. The fraction of sp³-hybridized carbons (Fsp3) is 0.312. The van der Waals surface area contributed by atoms with Gasteiger partial charge < -0.3 is 9.32 Å². The van der Waals surface area contributed by atoms with Gasteiger partial charge in [-0.05, 0) is 17.7 Å². The van der Waals surface area contributed by atoms with Crippen molar-refractivity contribution in [3.8, 4) is 0 Å². The predicted octanol–water partition coefficient (Wildman–Crippen LogP) is 2.15. The lowest BCUT2D eigenvalue weighted by Gasteiger charge is -2.34. The number of carbonyl (C=O) groups excluding carboxylic acids is 1. The lowest BCUT2D eigenvalue weighted by Crippen LogP contribution is -2.48. The van der Waals surface area contributed by atoms with Crippen LogP contribution >= 0.6 is 0 Å². The maximum atomic E-state index is 12.2. The first-order chi connectivity index (χ1) is 11.1. The van der Waals surface area contributed by atoms with E-state index in [2.05, 4.69) is 4.90 Å². The van der Waals surface area contributed by atoms with Crippen LogP contribution in [0.1, 0.15) is 16.1 Å². The molecule has 2 heterocycles. The Balaban J connectivity index is 1.53. The summed E-state index contributed by atoms with van der Waals surface area (Å²) in [7, 11) is 0. The molecule has 1 amide bonds. The normalized spacial score (nSPS) is 15.6. The summed E-state index contributed by atoms with van der Waals surface area (Å²) in [5.41, 5.74) is 1.13. The van der Waals surface area contributed by atoms with E-state index in [-0.39, 0.29) is 11.6 Å². The van der Waals surface area contributed by atoms with E-state index < -0.39 is 4.92 Å². The molecule has 0 bridgehead atoms. The summed E-state index contributed by atoms with van der Waals surface area (Å²) in [6.45, 7) is 3.55. The number of carbonyl (C=O) groups is 1. The fourth-order valence-electron chi connectivity index (χ4n) is 2.65. The third-order valence-electron chi connectivity index (χ3n) is 3.94. The lowest BCUT2D eigenvalue weighted by molar-refractivity contribution is -0.384. The van der Waals surface area contributed by atoms with Crippen molar-refractivity contribution in [1.29, 1.82) is 0 Å². The highest BCUT2D eigenvalue weighted by Gasteiger charge is 2.23. The zero-order valence-corrected chi connectivity index (χ0v) is 12.6. The number of nitrogens with zero attached hydrogens (tertiary/aromatic N) is 3. The van der Waals surface area contributed by atoms with Gasteiger partial charge in [-0.2, -0.15) is 0 Å². The highest BCUT2D eigenvalue weighted by molar-refractivity contribution is 5.91. The standard InChI is InChI=1S/C16H17N3O4/c20-16(15-2-1-11-23-15)18-9-7-17(8-10-18)12-13-3-5-14(6-4-13)19(21)22/h1-6,11H,7-10,12H2. The first-order valence-electron chi connectivity index (χ1n) is 7.42. The Kier molecular flexibility index (Phi) is 4.38. The summed E-state index contributed by atoms with van der Waals surface area (Å²) in [5.74, 6) is 0.291. The molecule has 0 spiro atoms. The second-order valence-corrected chi connectivity index (χ2v) is 5.47. The minimum absolute atomic E-state index is 0.0787. The van der Waals surface area contributed by atoms with Crippen molar-refractivity contribution in [2.75, 3.05) is 26.2 Å². The number of nitro groups is 1. The van der Waals surface area contributed by atoms with Crippen LogP contribution in [0.25, 0.3) is 0 Å². The zero-order valence-electron chi connectivity index (χ0n) is 12.6. The second-order valence-electron chi connectivity index (χ2n) is 5.47. The smallest absolute Gasteiger partial charge is 0.289 e. The summed E-state index contributed by atoms with van der Waals surface area (Å²) in [6, 6.07) is 9.97. The molecule has 0 N–H and O–H groups in total. The highest BCUT2D eigenvalue weighted by atomic mass is 16.6. The van der Waals surface area contributed by atoms with Crippen LogP contribution in [0.2, 0.25) is 0 Å². The second kappa shape index (κ2) is 6.62. The molecule has 3 rings (SSSR count). The van der Waals surface area contributed by atoms with Gasteiger partial charge in [-0.25, -0.2) is 0 Å². The first-order valence-corrected chi connectivity index (χ1v) is 7.42. The molecule has 1 aromatic heterocycles. The van der Waals surface area contributed by atoms with Crippen LogP contribution in [0, 0.1) is 10.1 Å². The maximum absolute atomic E-state index is 12.2. The Morgan fingerprint density at radius 2 is 1.83 bits per heavy atom. The quantitative estimate of drug-likeness (QED) is 0.638. The van der Waals surface area contributed by atoms with Crippen LogP contribution in [0.15, 0.2) is 47.1 Å². The summed E-state index contributed by atoms with van der Waals surface area (Å²) < 4.78 is 5.14. The number of piperazine rings is 1. The van der Waals surface area contributed by atoms with Crippen molar-refractivity contribution in [3.63, 3.8) is 0 Å². The van der Waals surface area contributed by atoms with Gasteiger partial charge in [0.25, 0.3) is 11.6 Å². The molecule has 0 radical (unpaired) electrons. The van der Waals surface area contributed by atoms with E-state index in [9.17, 15) is 14.9 Å². The molecule has 1 fully saturated rings. The summed E-state index contributed by atoms with van der Waals surface area (Å²) in [6.07, 6.45) is 1.50. The molecule has 1 saturated heterocycles. The topological polar surface area (TPSA) is 79.8 Å². The summed E-state index contributed by atoms with van der Waals surface area (Å²) in [4.78, 5) is 26.4. The van der Waals surface area contributed by atoms with E-state index in [0.717, 1.165) is 25.2 Å². The molecule has 1 aliphatic rings. The molecule has 0 aliphatic carbocycles. The summed E-state index contributed by atoms with van der Waals surface area (Å²) in [5, 5.41) is 10.6. The van der Waals surface area contributed by atoms with Crippen LogP contribution < -0.4 is 0 Å². The van der Waals surface area contributed by atoms with Gasteiger partial charge in [0.05, 0.1) is 11.2 Å². The zero-order chi connectivity index (χ0) is 16.2. The van der Waals surface area contributed by atoms with E-state index in [1.165, 1.54) is 18.4 Å². The van der Waals surface area contributed by atoms with Crippen molar-refractivity contribution < 1.29 is 14.1 Å². The molecule has 7 heteroatoms. The van der Waals surface area contributed by atoms with Gasteiger partial charge in [0.15, 0.2) is 5.76 Å². The molecule has 7 nitrogen and oxygen atoms in total. The molecule has 0 saturated carbocycles. The van der Waals surface area contributed by atoms with Crippen molar-refractivity contribution >= 4 is 11.6 Å². The average molecular weight is 315 g/mol. The molecule has 1 aliphatic heterocycles. The van der Waals surface area contributed by atoms with Gasteiger partial charge in [0.2, 0.25) is 0 Å². The molecule has 120 valence electrons. The van der Waals surface area contributed by atoms with Crippen LogP contribution in [-0.4, -0.2) is 46.8 Å². The largest absolute Gasteiger partial charge is 0.459 e. The van der Waals surface area contributed by atoms with Crippen LogP contribution in [0.5, 0.6) is 0 Å². The molecular weight excluding hydrogens is 298 g/mol. The first kappa shape index (κ1) is 15.2. The van der Waals surface area contributed by atoms with Crippen molar-refractivity contribution in [1.82, 2.24) is 9.80 Å². The van der Waals surface area contributed by atoms with Gasteiger partial charge >= 0.3 is 0 Å². The minimum Gasteiger partial charge on any atom is -0.459 e. The van der Waals surface area contributed by atoms with Crippen molar-refractivity contribution in [3.05, 3.63) is 64.1 Å². The van der Waals surface area contributed by atoms with Crippen molar-refractivity contribution in [2.45, 2.75) is 6.54 Å². The SMILES string of the molecule is O=C(c1ccco1)N1CCN(Cc2ccc([N+](=O)[O-])cc2)CC1. The van der Waals surface area contributed by atoms with Gasteiger partial charge in [0.1, 0.15) is 0 Å². The molecule has 0 atom stereocenters. The number of nitro benzene ring substituents is 1. The van der Waals surface area contributed by atoms with Crippen LogP contribution in [0.3, 0.4) is 0 Å². The van der Waals surface area contributed by atoms with Gasteiger partial charge in [-0.1, -0.05) is 12.1 Å². The third-order valence-corrected chi connectivity index (χ3v) is 3.94. The summed E-state index contributed by atoms with van der Waals surface area (Å²) >= 11 is 0. The van der Waals surface area contributed by atoms with E-state index in [1.54, 1.807) is 29.2 Å². The number of rotatable bonds is 4. The Morgan fingerprint density at radius 3 is 2.39 bits per heavy atom. The Morgan fingerprint density at radius 1 is 1.13 bits per heavy atom. The Labute approximate surface area is 133 Å². The van der Waals surface area contributed by atoms with Crippen LogP contribution in [0.4, 0.5) is 5.69 Å². The van der Waals surface area contributed by atoms with Crippen LogP contribution in [-0.2, 0) is 6.54 Å². The molecule has 2 aromatic rings. The molecular formula is C16H17N3O4. The van der Waals surface area contributed by atoms with E-state index in [0.29, 0.717) is 18.8 Å². The molecule has 23 heavy (non-hydrogen) atoms. The molecule has 0 unspecified atom stereocenters. The number of non-ortho nitro benzene ring substituents is 1. The number of hydrogen-bond donors (Lipinski definition) is 0. The Bertz CT molecular complexity index is 674. The number of benzene rings is 1. The molecule has 1 aromatic carbocycles. The minimum atomic E-state index is -0.400. The Hall–Kier alpha value is -2.67. The van der Waals surface area contributed by atoms with E-state index >= 15 is 0 Å². The predicted molar refractivity (Wildman–Crippen MR) is 83.0 cm³/mol. The number of hydrogen-bond acceptors (Lipinski definition) is 5. The van der Waals surface area contributed by atoms with Gasteiger partial charge in [0, 0.05) is 44.9 Å². The fourth-order valence-corrected chi connectivity index (χ4v) is 2.65. The van der Waals surface area contributed by atoms with Crippen molar-refractivity contribution in [2.24, 2.45) is 0 Å². The van der Waals surface area contributed by atoms with E-state index in [4.69, 9.17) is 4.42 Å². The number of furan rings is 1. The van der Waals surface area contributed by atoms with Gasteiger partial charge in [-0.3, -0.25) is 19.8 Å². The number of amides is 1. The lowest BCUT2D eigenvalue weighted by atomic mass is 10.2. The van der Waals surface area contributed by atoms with Gasteiger partial charge in [-0.15, -0.1) is 0 Å². The maximum Gasteiger partial charge on any atom is 0.289 e.